The summed E-state index contributed by atoms with van der Waals surface area (Å²) < 4.78 is 2.07. The van der Waals surface area contributed by atoms with Crippen molar-refractivity contribution in [1.29, 1.82) is 0 Å². The Kier molecular flexibility index (Phi) is 5.26. The molecule has 2 unspecified atom stereocenters. The molecule has 2 aromatic rings. The lowest BCUT2D eigenvalue weighted by Crippen LogP contribution is -2.61. The molecule has 2 saturated carbocycles. The second kappa shape index (κ2) is 7.98. The van der Waals surface area contributed by atoms with Crippen molar-refractivity contribution < 1.29 is 9.72 Å². The Labute approximate surface area is 188 Å². The normalized spacial score (nSPS) is 24.3. The number of benzene rings is 1. The number of nitro benzene ring substituents is 1. The van der Waals surface area contributed by atoms with Gasteiger partial charge in [0.15, 0.2) is 5.82 Å². The van der Waals surface area contributed by atoms with Crippen molar-refractivity contribution >= 4 is 17.5 Å². The Hall–Kier alpha value is -2.77. The average molecular weight is 438 g/mol. The summed E-state index contributed by atoms with van der Waals surface area (Å²) in [6.07, 6.45) is 9.87. The monoisotopic (exact) mass is 437 g/mol. The second-order valence-electron chi connectivity index (χ2n) is 9.91. The topological polar surface area (TPSA) is 94.2 Å². The molecule has 1 spiro atoms. The van der Waals surface area contributed by atoms with Gasteiger partial charge in [-0.05, 0) is 31.7 Å². The molecule has 2 fully saturated rings. The number of fused-ring (bicyclic) bond motifs is 4. The number of carbonyl (C=O) groups excluding carboxylic acids is 1. The molecule has 170 valence electrons. The van der Waals surface area contributed by atoms with Crippen molar-refractivity contribution in [3.8, 4) is 0 Å². The van der Waals surface area contributed by atoms with E-state index >= 15 is 0 Å². The van der Waals surface area contributed by atoms with Crippen molar-refractivity contribution in [2.24, 2.45) is 5.92 Å². The predicted octanol–water partition coefficient (Wildman–Crippen LogP) is 5.19. The van der Waals surface area contributed by atoms with Crippen LogP contribution in [0.3, 0.4) is 0 Å². The van der Waals surface area contributed by atoms with Gasteiger partial charge in [0.25, 0.3) is 11.6 Å². The third kappa shape index (κ3) is 3.14. The Morgan fingerprint density at radius 3 is 2.56 bits per heavy atom. The first-order valence-corrected chi connectivity index (χ1v) is 12.0. The average Bonchev–Trinajstić information content (AvgIpc) is 3.26. The van der Waals surface area contributed by atoms with Crippen LogP contribution in [-0.2, 0) is 5.54 Å². The lowest BCUT2D eigenvalue weighted by atomic mass is 9.64. The summed E-state index contributed by atoms with van der Waals surface area (Å²) in [4.78, 5) is 31.8. The zero-order valence-corrected chi connectivity index (χ0v) is 18.9. The van der Waals surface area contributed by atoms with Crippen LogP contribution in [0.2, 0.25) is 0 Å². The highest BCUT2D eigenvalue weighted by atomic mass is 16.6. The summed E-state index contributed by atoms with van der Waals surface area (Å²) in [5, 5.41) is 16.7. The molecule has 1 aliphatic heterocycles. The molecule has 8 heteroatoms. The van der Waals surface area contributed by atoms with Gasteiger partial charge in [0.1, 0.15) is 5.56 Å². The van der Waals surface area contributed by atoms with Crippen molar-refractivity contribution in [2.75, 3.05) is 4.90 Å². The summed E-state index contributed by atoms with van der Waals surface area (Å²) in [6.45, 7) is 4.13. The molecule has 32 heavy (non-hydrogen) atoms. The molecule has 2 aliphatic carbocycles. The molecule has 0 N–H and O–H groups in total. The van der Waals surface area contributed by atoms with Crippen LogP contribution in [0.1, 0.15) is 93.7 Å². The van der Waals surface area contributed by atoms with Gasteiger partial charge in [0, 0.05) is 23.9 Å². The number of hydrogen-bond donors (Lipinski definition) is 0. The fourth-order valence-electron chi connectivity index (χ4n) is 6.30. The van der Waals surface area contributed by atoms with E-state index in [0.717, 1.165) is 57.2 Å². The molecule has 3 aliphatic rings. The molecule has 2 atom stereocenters. The van der Waals surface area contributed by atoms with Crippen LogP contribution in [0.5, 0.6) is 0 Å². The van der Waals surface area contributed by atoms with Crippen molar-refractivity contribution in [3.05, 3.63) is 45.8 Å². The quantitative estimate of drug-likeness (QED) is 0.487. The number of para-hydroxylation sites is 1. The third-order valence-corrected chi connectivity index (χ3v) is 7.78. The molecule has 1 aromatic carbocycles. The van der Waals surface area contributed by atoms with E-state index in [0.29, 0.717) is 11.9 Å². The molecule has 0 radical (unpaired) electrons. The smallest absolute Gasteiger partial charge is 0.273 e. The number of rotatable bonds is 3. The van der Waals surface area contributed by atoms with Crippen molar-refractivity contribution in [1.82, 2.24) is 14.8 Å². The summed E-state index contributed by atoms with van der Waals surface area (Å²) in [7, 11) is 0. The van der Waals surface area contributed by atoms with Crippen molar-refractivity contribution in [2.45, 2.75) is 89.1 Å². The van der Waals surface area contributed by atoms with Gasteiger partial charge < -0.3 is 0 Å². The highest BCUT2D eigenvalue weighted by Gasteiger charge is 2.55. The zero-order valence-electron chi connectivity index (χ0n) is 18.9. The van der Waals surface area contributed by atoms with E-state index in [1.165, 1.54) is 12.5 Å². The standard InChI is InChI=1S/C24H31N5O3/c1-16(2)21-25-23-27(22(30)17-10-4-6-12-19(17)29(31)32)20-13-7-5-11-18(20)24(28(23)26-21)14-8-3-9-15-24/h4,6,10,12,16,18,20H,3,5,7-9,11,13-15H2,1-2H3. The molecular weight excluding hydrogens is 406 g/mol. The van der Waals surface area contributed by atoms with Crippen LogP contribution in [0.15, 0.2) is 24.3 Å². The van der Waals surface area contributed by atoms with Crippen LogP contribution >= 0.6 is 0 Å². The summed E-state index contributed by atoms with van der Waals surface area (Å²) in [5.41, 5.74) is -0.127. The highest BCUT2D eigenvalue weighted by Crippen LogP contribution is 2.53. The number of amides is 1. The highest BCUT2D eigenvalue weighted by molar-refractivity contribution is 6.08. The van der Waals surface area contributed by atoms with E-state index in [1.54, 1.807) is 23.1 Å². The fourth-order valence-corrected chi connectivity index (χ4v) is 6.30. The minimum absolute atomic E-state index is 0.00544. The summed E-state index contributed by atoms with van der Waals surface area (Å²) >= 11 is 0. The number of carbonyl (C=O) groups is 1. The number of nitro groups is 1. The van der Waals surface area contributed by atoms with Gasteiger partial charge in [-0.3, -0.25) is 19.8 Å². The maximum atomic E-state index is 13.9. The molecule has 5 rings (SSSR count). The molecule has 0 bridgehead atoms. The SMILES string of the molecule is CC(C)c1nc2n(n1)C1(CCCCC1)C1CCCCC1N2C(=O)c1ccccc1[N+](=O)[O-]. The first-order chi connectivity index (χ1) is 15.4. The Morgan fingerprint density at radius 2 is 1.84 bits per heavy atom. The Bertz CT molecular complexity index is 1040. The Morgan fingerprint density at radius 1 is 1.12 bits per heavy atom. The van der Waals surface area contributed by atoms with E-state index in [-0.39, 0.29) is 34.7 Å². The van der Waals surface area contributed by atoms with E-state index in [1.807, 2.05) is 0 Å². The van der Waals surface area contributed by atoms with Gasteiger partial charge in [-0.15, -0.1) is 0 Å². The summed E-state index contributed by atoms with van der Waals surface area (Å²) in [6, 6.07) is 6.27. The van der Waals surface area contributed by atoms with E-state index in [9.17, 15) is 14.9 Å². The lowest BCUT2D eigenvalue weighted by molar-refractivity contribution is -0.385. The minimum atomic E-state index is -0.470. The predicted molar refractivity (Wildman–Crippen MR) is 121 cm³/mol. The largest absolute Gasteiger partial charge is 0.282 e. The fraction of sp³-hybridized carbons (Fsp3) is 0.625. The van der Waals surface area contributed by atoms with Gasteiger partial charge in [0.05, 0.1) is 10.5 Å². The third-order valence-electron chi connectivity index (χ3n) is 7.78. The zero-order chi connectivity index (χ0) is 22.5. The van der Waals surface area contributed by atoms with Crippen LogP contribution in [0.25, 0.3) is 0 Å². The summed E-state index contributed by atoms with van der Waals surface area (Å²) in [5.74, 6) is 1.44. The molecule has 8 nitrogen and oxygen atoms in total. The van der Waals surface area contributed by atoms with Gasteiger partial charge in [-0.1, -0.05) is 58.1 Å². The van der Waals surface area contributed by atoms with E-state index < -0.39 is 4.92 Å². The Balaban J connectivity index is 1.70. The van der Waals surface area contributed by atoms with Crippen LogP contribution < -0.4 is 4.90 Å². The number of hydrogen-bond acceptors (Lipinski definition) is 5. The van der Waals surface area contributed by atoms with Crippen molar-refractivity contribution in [3.63, 3.8) is 0 Å². The van der Waals surface area contributed by atoms with E-state index in [4.69, 9.17) is 10.1 Å². The van der Waals surface area contributed by atoms with Crippen LogP contribution in [-0.4, -0.2) is 31.6 Å². The molecule has 1 aromatic heterocycles. The van der Waals surface area contributed by atoms with Gasteiger partial charge in [0.2, 0.25) is 5.95 Å². The molecule has 2 heterocycles. The molecular formula is C24H31N5O3. The van der Waals surface area contributed by atoms with Crippen LogP contribution in [0.4, 0.5) is 11.6 Å². The number of anilines is 1. The first-order valence-electron chi connectivity index (χ1n) is 12.0. The second-order valence-corrected chi connectivity index (χ2v) is 9.91. The van der Waals surface area contributed by atoms with Gasteiger partial charge >= 0.3 is 0 Å². The maximum absolute atomic E-state index is 13.9. The van der Waals surface area contributed by atoms with Gasteiger partial charge in [-0.2, -0.15) is 10.1 Å². The molecule has 0 saturated heterocycles. The minimum Gasteiger partial charge on any atom is -0.273 e. The number of nitrogens with zero attached hydrogens (tertiary/aromatic N) is 5. The maximum Gasteiger partial charge on any atom is 0.282 e. The first kappa shape index (κ1) is 21.1. The number of aromatic nitrogens is 3. The van der Waals surface area contributed by atoms with E-state index in [2.05, 4.69) is 18.5 Å². The van der Waals surface area contributed by atoms with Gasteiger partial charge in [-0.25, -0.2) is 4.68 Å². The van der Waals surface area contributed by atoms with Crippen LogP contribution in [0, 0.1) is 16.0 Å². The lowest BCUT2D eigenvalue weighted by Gasteiger charge is -2.55. The molecule has 1 amide bonds.